The first-order valence-electron chi connectivity index (χ1n) is 6.18. The van der Waals surface area contributed by atoms with Crippen molar-refractivity contribution in [1.82, 2.24) is 10.3 Å². The summed E-state index contributed by atoms with van der Waals surface area (Å²) in [6.07, 6.45) is 2.79. The number of phenols is 1. The van der Waals surface area contributed by atoms with E-state index in [1.54, 1.807) is 30.5 Å². The highest BCUT2D eigenvalue weighted by Gasteiger charge is 2.03. The highest BCUT2D eigenvalue weighted by atomic mass is 16.3. The molecule has 2 rings (SSSR count). The van der Waals surface area contributed by atoms with Crippen molar-refractivity contribution in [3.05, 3.63) is 59.9 Å². The molecule has 0 unspecified atom stereocenters. The summed E-state index contributed by atoms with van der Waals surface area (Å²) >= 11 is 0. The molecule has 0 saturated heterocycles. The number of nitrogens with zero attached hydrogens (tertiary/aromatic N) is 1. The number of rotatable bonds is 5. The smallest absolute Gasteiger partial charge is 0.224 e. The van der Waals surface area contributed by atoms with E-state index in [1.807, 2.05) is 18.2 Å². The van der Waals surface area contributed by atoms with Crippen molar-refractivity contribution >= 4 is 5.91 Å². The van der Waals surface area contributed by atoms with Crippen LogP contribution in [0.15, 0.2) is 48.7 Å². The SMILES string of the molecule is O=C(Cc1ccc(O)cc1)NCCc1ccccn1. The van der Waals surface area contributed by atoms with E-state index in [0.717, 1.165) is 17.7 Å². The highest BCUT2D eigenvalue weighted by molar-refractivity contribution is 5.78. The normalized spacial score (nSPS) is 10.1. The molecule has 0 saturated carbocycles. The molecule has 0 bridgehead atoms. The number of carbonyl (C=O) groups is 1. The van der Waals surface area contributed by atoms with E-state index in [0.29, 0.717) is 13.0 Å². The minimum Gasteiger partial charge on any atom is -0.508 e. The molecule has 4 nitrogen and oxygen atoms in total. The maximum Gasteiger partial charge on any atom is 0.224 e. The van der Waals surface area contributed by atoms with Crippen molar-refractivity contribution in [2.24, 2.45) is 0 Å². The molecular weight excluding hydrogens is 240 g/mol. The molecule has 0 aliphatic heterocycles. The number of hydrogen-bond acceptors (Lipinski definition) is 3. The minimum absolute atomic E-state index is 0.0263. The Hall–Kier alpha value is -2.36. The van der Waals surface area contributed by atoms with Crippen LogP contribution in [-0.4, -0.2) is 22.5 Å². The standard InChI is InChI=1S/C15H16N2O2/c18-14-6-4-12(5-7-14)11-15(19)17-10-8-13-3-1-2-9-16-13/h1-7,9,18H,8,10-11H2,(H,17,19). The second kappa shape index (κ2) is 6.54. The van der Waals surface area contributed by atoms with Crippen LogP contribution >= 0.6 is 0 Å². The molecule has 2 N–H and O–H groups in total. The molecule has 0 aliphatic rings. The van der Waals surface area contributed by atoms with Gasteiger partial charge in [0.1, 0.15) is 5.75 Å². The van der Waals surface area contributed by atoms with Gasteiger partial charge < -0.3 is 10.4 Å². The summed E-state index contributed by atoms with van der Waals surface area (Å²) in [7, 11) is 0. The lowest BCUT2D eigenvalue weighted by Gasteiger charge is -2.05. The van der Waals surface area contributed by atoms with E-state index in [2.05, 4.69) is 10.3 Å². The number of benzene rings is 1. The highest BCUT2D eigenvalue weighted by Crippen LogP contribution is 2.09. The summed E-state index contributed by atoms with van der Waals surface area (Å²) in [4.78, 5) is 15.9. The fourth-order valence-corrected chi connectivity index (χ4v) is 1.74. The third-order valence-electron chi connectivity index (χ3n) is 2.73. The van der Waals surface area contributed by atoms with Crippen LogP contribution in [0.5, 0.6) is 5.75 Å². The lowest BCUT2D eigenvalue weighted by atomic mass is 10.1. The molecule has 0 aliphatic carbocycles. The van der Waals surface area contributed by atoms with Crippen LogP contribution in [0.2, 0.25) is 0 Å². The molecule has 0 atom stereocenters. The van der Waals surface area contributed by atoms with Crippen molar-refractivity contribution in [2.45, 2.75) is 12.8 Å². The van der Waals surface area contributed by atoms with Gasteiger partial charge in [0.15, 0.2) is 0 Å². The molecule has 1 amide bonds. The van der Waals surface area contributed by atoms with E-state index in [9.17, 15) is 4.79 Å². The van der Waals surface area contributed by atoms with Crippen LogP contribution in [0.25, 0.3) is 0 Å². The zero-order chi connectivity index (χ0) is 13.5. The predicted molar refractivity (Wildman–Crippen MR) is 72.8 cm³/mol. The Balaban J connectivity index is 1.74. The molecule has 0 fully saturated rings. The summed E-state index contributed by atoms with van der Waals surface area (Å²) in [5, 5.41) is 12.0. The Morgan fingerprint density at radius 3 is 2.63 bits per heavy atom. The number of aromatic hydroxyl groups is 1. The van der Waals surface area contributed by atoms with E-state index >= 15 is 0 Å². The van der Waals surface area contributed by atoms with Crippen molar-refractivity contribution in [3.8, 4) is 5.75 Å². The molecule has 1 aromatic heterocycles. The molecule has 1 heterocycles. The van der Waals surface area contributed by atoms with Crippen LogP contribution in [0.4, 0.5) is 0 Å². The summed E-state index contributed by atoms with van der Waals surface area (Å²) < 4.78 is 0. The van der Waals surface area contributed by atoms with Gasteiger partial charge in [0.2, 0.25) is 5.91 Å². The van der Waals surface area contributed by atoms with Crippen LogP contribution < -0.4 is 5.32 Å². The van der Waals surface area contributed by atoms with Gasteiger partial charge in [-0.1, -0.05) is 18.2 Å². The Morgan fingerprint density at radius 1 is 1.16 bits per heavy atom. The molecule has 0 spiro atoms. The second-order valence-electron chi connectivity index (χ2n) is 4.26. The lowest BCUT2D eigenvalue weighted by molar-refractivity contribution is -0.120. The largest absolute Gasteiger partial charge is 0.508 e. The summed E-state index contributed by atoms with van der Waals surface area (Å²) in [6.45, 7) is 0.577. The molecular formula is C15H16N2O2. The fraction of sp³-hybridized carbons (Fsp3) is 0.200. The number of nitrogens with one attached hydrogen (secondary N) is 1. The van der Waals surface area contributed by atoms with E-state index in [1.165, 1.54) is 0 Å². The molecule has 1 aromatic carbocycles. The maximum atomic E-state index is 11.7. The molecule has 4 heteroatoms. The minimum atomic E-state index is -0.0263. The number of amides is 1. The number of phenolic OH excluding ortho intramolecular Hbond substituents is 1. The van der Waals surface area contributed by atoms with E-state index in [4.69, 9.17) is 5.11 Å². The lowest BCUT2D eigenvalue weighted by Crippen LogP contribution is -2.27. The summed E-state index contributed by atoms with van der Waals surface area (Å²) in [6, 6.07) is 12.4. The monoisotopic (exact) mass is 256 g/mol. The Labute approximate surface area is 112 Å². The van der Waals surface area contributed by atoms with Crippen LogP contribution in [0.3, 0.4) is 0 Å². The first kappa shape index (κ1) is 13.1. The number of pyridine rings is 1. The van der Waals surface area contributed by atoms with Gasteiger partial charge in [0.25, 0.3) is 0 Å². The van der Waals surface area contributed by atoms with Crippen molar-refractivity contribution in [2.75, 3.05) is 6.54 Å². The van der Waals surface area contributed by atoms with Crippen LogP contribution in [0, 0.1) is 0 Å². The van der Waals surface area contributed by atoms with Gasteiger partial charge in [-0.3, -0.25) is 9.78 Å². The maximum absolute atomic E-state index is 11.7. The van der Waals surface area contributed by atoms with Crippen LogP contribution in [0.1, 0.15) is 11.3 Å². The van der Waals surface area contributed by atoms with Crippen LogP contribution in [-0.2, 0) is 17.6 Å². The van der Waals surface area contributed by atoms with Gasteiger partial charge in [-0.2, -0.15) is 0 Å². The first-order valence-corrected chi connectivity index (χ1v) is 6.18. The fourth-order valence-electron chi connectivity index (χ4n) is 1.74. The van der Waals surface area contributed by atoms with E-state index in [-0.39, 0.29) is 11.7 Å². The average molecular weight is 256 g/mol. The number of hydrogen-bond donors (Lipinski definition) is 2. The molecule has 2 aromatic rings. The molecule has 0 radical (unpaired) electrons. The quantitative estimate of drug-likeness (QED) is 0.855. The van der Waals surface area contributed by atoms with Gasteiger partial charge in [0.05, 0.1) is 6.42 Å². The van der Waals surface area contributed by atoms with Gasteiger partial charge in [-0.05, 0) is 29.8 Å². The van der Waals surface area contributed by atoms with Gasteiger partial charge in [-0.15, -0.1) is 0 Å². The van der Waals surface area contributed by atoms with Gasteiger partial charge >= 0.3 is 0 Å². The summed E-state index contributed by atoms with van der Waals surface area (Å²) in [5.74, 6) is 0.181. The van der Waals surface area contributed by atoms with Crippen molar-refractivity contribution < 1.29 is 9.90 Å². The zero-order valence-corrected chi connectivity index (χ0v) is 10.5. The molecule has 19 heavy (non-hydrogen) atoms. The third kappa shape index (κ3) is 4.43. The van der Waals surface area contributed by atoms with E-state index < -0.39 is 0 Å². The average Bonchev–Trinajstić information content (AvgIpc) is 2.43. The zero-order valence-electron chi connectivity index (χ0n) is 10.5. The van der Waals surface area contributed by atoms with Gasteiger partial charge in [-0.25, -0.2) is 0 Å². The number of aromatic nitrogens is 1. The second-order valence-corrected chi connectivity index (χ2v) is 4.26. The van der Waals surface area contributed by atoms with Crippen molar-refractivity contribution in [3.63, 3.8) is 0 Å². The topological polar surface area (TPSA) is 62.2 Å². The van der Waals surface area contributed by atoms with Gasteiger partial charge in [0, 0.05) is 24.9 Å². The Kier molecular flexibility index (Phi) is 4.50. The molecule has 98 valence electrons. The third-order valence-corrected chi connectivity index (χ3v) is 2.73. The number of carbonyl (C=O) groups excluding carboxylic acids is 1. The Morgan fingerprint density at radius 2 is 1.95 bits per heavy atom. The Bertz CT molecular complexity index is 524. The first-order chi connectivity index (χ1) is 9.24. The summed E-state index contributed by atoms with van der Waals surface area (Å²) in [5.41, 5.74) is 1.85. The predicted octanol–water partition coefficient (Wildman–Crippen LogP) is 1.69. The van der Waals surface area contributed by atoms with Crippen molar-refractivity contribution in [1.29, 1.82) is 0 Å².